The number of amides is 2. The lowest BCUT2D eigenvalue weighted by Crippen LogP contribution is -2.43. The summed E-state index contributed by atoms with van der Waals surface area (Å²) in [6.07, 6.45) is 0. The second kappa shape index (κ2) is 11.5. The summed E-state index contributed by atoms with van der Waals surface area (Å²) in [6.45, 7) is 8.29. The molecule has 4 aromatic rings. The molecule has 218 valence electrons. The number of anilines is 1. The lowest BCUT2D eigenvalue weighted by Gasteiger charge is -2.24. The van der Waals surface area contributed by atoms with Crippen LogP contribution in [0.5, 0.6) is 11.5 Å². The van der Waals surface area contributed by atoms with Gasteiger partial charge in [-0.05, 0) is 51.0 Å². The average Bonchev–Trinajstić information content (AvgIpc) is 3.32. The average molecular weight is 587 g/mol. The molecule has 0 spiro atoms. The van der Waals surface area contributed by atoms with Gasteiger partial charge in [-0.2, -0.15) is 0 Å². The van der Waals surface area contributed by atoms with Crippen LogP contribution in [0.1, 0.15) is 54.7 Å². The first kappa shape index (κ1) is 29.1. The highest BCUT2D eigenvalue weighted by molar-refractivity contribution is 7.89. The number of carbonyl (C=O) groups is 2. The van der Waals surface area contributed by atoms with Crippen molar-refractivity contribution in [3.05, 3.63) is 101 Å². The maximum atomic E-state index is 13.8. The molecule has 4 aromatic carbocycles. The number of hydrogen-bond acceptors (Lipinski definition) is 6. The molecule has 9 heteroatoms. The predicted octanol–water partition coefficient (Wildman–Crippen LogP) is 5.72. The number of rotatable bonds is 10. The number of carbonyl (C=O) groups excluding carboxylic acids is 2. The van der Waals surface area contributed by atoms with E-state index in [1.807, 2.05) is 56.3 Å². The van der Waals surface area contributed by atoms with E-state index in [4.69, 9.17) is 9.47 Å². The molecule has 1 aliphatic rings. The van der Waals surface area contributed by atoms with Crippen LogP contribution in [0.25, 0.3) is 10.8 Å². The second-order valence-corrected chi connectivity index (χ2v) is 12.4. The molecular formula is C33H34N2O6S. The molecule has 0 saturated carbocycles. The van der Waals surface area contributed by atoms with Crippen molar-refractivity contribution in [3.8, 4) is 11.5 Å². The van der Waals surface area contributed by atoms with Crippen LogP contribution in [0.4, 0.5) is 5.69 Å². The van der Waals surface area contributed by atoms with Gasteiger partial charge < -0.3 is 14.4 Å². The zero-order valence-corrected chi connectivity index (χ0v) is 25.0. The Morgan fingerprint density at radius 2 is 1.43 bits per heavy atom. The van der Waals surface area contributed by atoms with Gasteiger partial charge in [0.25, 0.3) is 5.91 Å². The molecule has 8 nitrogen and oxygen atoms in total. The summed E-state index contributed by atoms with van der Waals surface area (Å²) < 4.78 is 40.1. The second-order valence-electron chi connectivity index (χ2n) is 10.7. The van der Waals surface area contributed by atoms with E-state index in [0.29, 0.717) is 47.1 Å². The van der Waals surface area contributed by atoms with Crippen LogP contribution in [0.2, 0.25) is 0 Å². The predicted molar refractivity (Wildman–Crippen MR) is 163 cm³/mol. The van der Waals surface area contributed by atoms with Crippen LogP contribution in [-0.4, -0.2) is 33.4 Å². The van der Waals surface area contributed by atoms with E-state index in [1.165, 1.54) is 0 Å². The molecule has 1 heterocycles. The van der Waals surface area contributed by atoms with Gasteiger partial charge >= 0.3 is 0 Å². The zero-order valence-electron chi connectivity index (χ0n) is 24.1. The first-order chi connectivity index (χ1) is 20.1. The fraction of sp³-hybridized carbons (Fsp3) is 0.273. The monoisotopic (exact) mass is 586 g/mol. The lowest BCUT2D eigenvalue weighted by molar-refractivity contribution is -0.123. The van der Waals surface area contributed by atoms with Crippen LogP contribution >= 0.6 is 0 Å². The maximum Gasteiger partial charge on any atom is 0.262 e. The summed E-state index contributed by atoms with van der Waals surface area (Å²) in [7, 11) is -3.97. The fourth-order valence-electron chi connectivity index (χ4n) is 5.26. The van der Waals surface area contributed by atoms with Crippen LogP contribution in [0.15, 0.2) is 78.9 Å². The van der Waals surface area contributed by atoms with Crippen molar-refractivity contribution in [3.63, 3.8) is 0 Å². The SMILES string of the molecule is CCOc1c2c(c(OCC)c3ccccc13)C(=O)N(c1ccc(CS(=O)(=O)NC(=O)C(C)(C)c3ccccc3)cc1)C2. The third kappa shape index (κ3) is 5.44. The quantitative estimate of drug-likeness (QED) is 0.255. The number of sulfonamides is 1. The van der Waals surface area contributed by atoms with Crippen LogP contribution in [0, 0.1) is 0 Å². The smallest absolute Gasteiger partial charge is 0.262 e. The Bertz CT molecular complexity index is 1750. The molecule has 0 saturated heterocycles. The van der Waals surface area contributed by atoms with E-state index < -0.39 is 21.3 Å². The molecule has 1 aliphatic heterocycles. The number of hydrogen-bond donors (Lipinski definition) is 1. The van der Waals surface area contributed by atoms with Crippen molar-refractivity contribution in [2.24, 2.45) is 0 Å². The molecule has 0 radical (unpaired) electrons. The highest BCUT2D eigenvalue weighted by Crippen LogP contribution is 2.46. The molecule has 0 unspecified atom stereocenters. The Morgan fingerprint density at radius 1 is 0.857 bits per heavy atom. The minimum atomic E-state index is -3.97. The normalized spacial score (nSPS) is 13.2. The van der Waals surface area contributed by atoms with E-state index in [0.717, 1.165) is 16.3 Å². The fourth-order valence-corrected chi connectivity index (χ4v) is 6.50. The number of nitrogens with zero attached hydrogens (tertiary/aromatic N) is 1. The van der Waals surface area contributed by atoms with E-state index in [-0.39, 0.29) is 18.2 Å². The van der Waals surface area contributed by atoms with Crippen LogP contribution in [-0.2, 0) is 32.5 Å². The zero-order chi connectivity index (χ0) is 30.1. The molecule has 42 heavy (non-hydrogen) atoms. The van der Waals surface area contributed by atoms with Gasteiger partial charge in [0.1, 0.15) is 11.5 Å². The summed E-state index contributed by atoms with van der Waals surface area (Å²) in [5, 5.41) is 1.70. The Balaban J connectivity index is 1.38. The number of ether oxygens (including phenoxy) is 2. The maximum absolute atomic E-state index is 13.8. The third-order valence-corrected chi connectivity index (χ3v) is 8.70. The van der Waals surface area contributed by atoms with Crippen LogP contribution < -0.4 is 19.1 Å². The minimum absolute atomic E-state index is 0.212. The molecule has 5 rings (SSSR count). The van der Waals surface area contributed by atoms with Crippen molar-refractivity contribution in [2.45, 2.75) is 45.4 Å². The summed E-state index contributed by atoms with van der Waals surface area (Å²) in [4.78, 5) is 28.3. The molecule has 0 fully saturated rings. The summed E-state index contributed by atoms with van der Waals surface area (Å²) >= 11 is 0. The van der Waals surface area contributed by atoms with Crippen molar-refractivity contribution >= 4 is 38.3 Å². The van der Waals surface area contributed by atoms with Gasteiger partial charge in [-0.3, -0.25) is 14.3 Å². The van der Waals surface area contributed by atoms with E-state index in [2.05, 4.69) is 4.72 Å². The van der Waals surface area contributed by atoms with Gasteiger partial charge in [0.05, 0.1) is 36.5 Å². The van der Waals surface area contributed by atoms with Gasteiger partial charge in [-0.25, -0.2) is 8.42 Å². The van der Waals surface area contributed by atoms with Gasteiger partial charge in [0.15, 0.2) is 0 Å². The molecule has 0 atom stereocenters. The Kier molecular flexibility index (Phi) is 7.97. The standard InChI is InChI=1S/C33H34N2O6S/c1-5-40-29-25-14-10-11-15-26(25)30(41-6-2)28-27(29)20-35(31(28)36)24-18-16-22(17-19-24)21-42(38,39)34-32(37)33(3,4)23-12-8-7-9-13-23/h7-19H,5-6,20-21H2,1-4H3,(H,34,37). The van der Waals surface area contributed by atoms with E-state index in [1.54, 1.807) is 55.1 Å². The van der Waals surface area contributed by atoms with Crippen molar-refractivity contribution < 1.29 is 27.5 Å². The summed E-state index contributed by atoms with van der Waals surface area (Å²) in [5.74, 6) is 0.00591. The highest BCUT2D eigenvalue weighted by atomic mass is 32.2. The minimum Gasteiger partial charge on any atom is -0.493 e. The number of benzene rings is 4. The number of fused-ring (bicyclic) bond motifs is 2. The third-order valence-electron chi connectivity index (χ3n) is 7.49. The Hall–Kier alpha value is -4.37. The van der Waals surface area contributed by atoms with Gasteiger partial charge in [0.2, 0.25) is 15.9 Å². The Morgan fingerprint density at radius 3 is 2.05 bits per heavy atom. The van der Waals surface area contributed by atoms with Gasteiger partial charge in [-0.1, -0.05) is 66.7 Å². The van der Waals surface area contributed by atoms with Crippen molar-refractivity contribution in [1.82, 2.24) is 4.72 Å². The summed E-state index contributed by atoms with van der Waals surface area (Å²) in [6, 6.07) is 23.5. The lowest BCUT2D eigenvalue weighted by atomic mass is 9.84. The molecular weight excluding hydrogens is 552 g/mol. The molecule has 0 aromatic heterocycles. The van der Waals surface area contributed by atoms with Gasteiger partial charge in [0, 0.05) is 22.0 Å². The van der Waals surface area contributed by atoms with E-state index >= 15 is 0 Å². The molecule has 1 N–H and O–H groups in total. The topological polar surface area (TPSA) is 102 Å². The largest absolute Gasteiger partial charge is 0.493 e. The molecule has 2 amide bonds. The molecule has 0 bridgehead atoms. The van der Waals surface area contributed by atoms with Crippen molar-refractivity contribution in [1.29, 1.82) is 0 Å². The van der Waals surface area contributed by atoms with Gasteiger partial charge in [-0.15, -0.1) is 0 Å². The Labute approximate surface area is 246 Å². The summed E-state index contributed by atoms with van der Waals surface area (Å²) in [5.41, 5.74) is 2.02. The van der Waals surface area contributed by atoms with E-state index in [9.17, 15) is 18.0 Å². The number of nitrogens with one attached hydrogen (secondary N) is 1. The first-order valence-corrected chi connectivity index (χ1v) is 15.6. The first-order valence-electron chi connectivity index (χ1n) is 13.9. The van der Waals surface area contributed by atoms with Crippen LogP contribution in [0.3, 0.4) is 0 Å². The highest BCUT2D eigenvalue weighted by Gasteiger charge is 2.37. The van der Waals surface area contributed by atoms with Crippen molar-refractivity contribution in [2.75, 3.05) is 18.1 Å². The molecule has 0 aliphatic carbocycles.